The summed E-state index contributed by atoms with van der Waals surface area (Å²) < 4.78 is 5.44. The molecule has 152 valence electrons. The highest BCUT2D eigenvalue weighted by Gasteiger charge is 2.40. The summed E-state index contributed by atoms with van der Waals surface area (Å²) in [5.41, 5.74) is 3.35. The molecule has 1 aliphatic heterocycles. The van der Waals surface area contributed by atoms with Crippen LogP contribution in [0.3, 0.4) is 0 Å². The van der Waals surface area contributed by atoms with Gasteiger partial charge in [0.05, 0.1) is 13.7 Å². The van der Waals surface area contributed by atoms with E-state index in [1.807, 2.05) is 72.8 Å². The first kappa shape index (κ1) is 19.7. The van der Waals surface area contributed by atoms with Gasteiger partial charge in [0.25, 0.3) is 5.91 Å². The van der Waals surface area contributed by atoms with Crippen LogP contribution in [-0.4, -0.2) is 30.4 Å². The third-order valence-electron chi connectivity index (χ3n) is 5.40. The molecule has 1 aliphatic rings. The highest BCUT2D eigenvalue weighted by atomic mass is 16.5. The molecule has 1 heterocycles. The first-order chi connectivity index (χ1) is 14.7. The molecule has 3 aromatic rings. The molecular weight excluding hydrogens is 376 g/mol. The van der Waals surface area contributed by atoms with Crippen LogP contribution in [0.5, 0.6) is 5.75 Å². The van der Waals surface area contributed by atoms with Gasteiger partial charge in [0.15, 0.2) is 0 Å². The number of amides is 2. The predicted molar refractivity (Wildman–Crippen MR) is 115 cm³/mol. The number of hydrogen-bond donors (Lipinski definition) is 1. The van der Waals surface area contributed by atoms with Gasteiger partial charge in [-0.05, 0) is 29.7 Å². The Morgan fingerprint density at radius 2 is 1.67 bits per heavy atom. The van der Waals surface area contributed by atoms with Crippen molar-refractivity contribution in [2.24, 2.45) is 0 Å². The maximum atomic E-state index is 13.2. The van der Waals surface area contributed by atoms with Gasteiger partial charge in [0.2, 0.25) is 5.91 Å². The molecule has 0 spiro atoms. The fourth-order valence-electron chi connectivity index (χ4n) is 3.90. The minimum atomic E-state index is -0.658. The van der Waals surface area contributed by atoms with E-state index in [9.17, 15) is 9.59 Å². The van der Waals surface area contributed by atoms with Crippen molar-refractivity contribution in [3.05, 3.63) is 101 Å². The number of hydrogen-bond acceptors (Lipinski definition) is 3. The van der Waals surface area contributed by atoms with Crippen LogP contribution < -0.4 is 10.1 Å². The van der Waals surface area contributed by atoms with E-state index in [1.54, 1.807) is 18.1 Å². The first-order valence-corrected chi connectivity index (χ1v) is 10.0. The Labute approximate surface area is 176 Å². The highest BCUT2D eigenvalue weighted by molar-refractivity contribution is 6.04. The van der Waals surface area contributed by atoms with Gasteiger partial charge < -0.3 is 15.0 Å². The molecule has 1 N–H and O–H groups in total. The van der Waals surface area contributed by atoms with Crippen molar-refractivity contribution in [3.63, 3.8) is 0 Å². The van der Waals surface area contributed by atoms with E-state index in [2.05, 4.69) is 5.32 Å². The molecule has 30 heavy (non-hydrogen) atoms. The molecule has 5 heteroatoms. The number of nitrogens with one attached hydrogen (secondary N) is 1. The Morgan fingerprint density at radius 3 is 2.47 bits per heavy atom. The smallest absolute Gasteiger partial charge is 0.255 e. The van der Waals surface area contributed by atoms with E-state index < -0.39 is 6.04 Å². The van der Waals surface area contributed by atoms with E-state index in [1.165, 1.54) is 0 Å². The fourth-order valence-corrected chi connectivity index (χ4v) is 3.90. The van der Waals surface area contributed by atoms with Crippen molar-refractivity contribution in [1.82, 2.24) is 10.2 Å². The summed E-state index contributed by atoms with van der Waals surface area (Å²) >= 11 is 0. The summed E-state index contributed by atoms with van der Waals surface area (Å²) in [6.07, 6.45) is 0.738. The summed E-state index contributed by atoms with van der Waals surface area (Å²) in [4.78, 5) is 27.9. The van der Waals surface area contributed by atoms with Crippen molar-refractivity contribution < 1.29 is 14.3 Å². The van der Waals surface area contributed by atoms with Gasteiger partial charge in [-0.1, -0.05) is 66.7 Å². The zero-order valence-corrected chi connectivity index (χ0v) is 16.9. The second-order valence-corrected chi connectivity index (χ2v) is 7.26. The van der Waals surface area contributed by atoms with Crippen LogP contribution in [0.15, 0.2) is 78.9 Å². The quantitative estimate of drug-likeness (QED) is 0.657. The molecule has 2 amide bonds. The lowest BCUT2D eigenvalue weighted by Crippen LogP contribution is -2.39. The van der Waals surface area contributed by atoms with Crippen LogP contribution in [-0.2, 0) is 17.8 Å². The predicted octanol–water partition coefficient (Wildman–Crippen LogP) is 3.75. The maximum Gasteiger partial charge on any atom is 0.255 e. The molecule has 0 aliphatic carbocycles. The molecule has 0 bridgehead atoms. The molecule has 0 fully saturated rings. The Kier molecular flexibility index (Phi) is 5.80. The number of para-hydroxylation sites is 1. The minimum Gasteiger partial charge on any atom is -0.496 e. The van der Waals surface area contributed by atoms with Crippen LogP contribution in [0.4, 0.5) is 0 Å². The number of nitrogens with zero attached hydrogens (tertiary/aromatic N) is 1. The van der Waals surface area contributed by atoms with Crippen LogP contribution in [0, 0.1) is 0 Å². The van der Waals surface area contributed by atoms with E-state index in [0.29, 0.717) is 24.4 Å². The van der Waals surface area contributed by atoms with Gasteiger partial charge in [-0.2, -0.15) is 0 Å². The van der Waals surface area contributed by atoms with Gasteiger partial charge in [0.1, 0.15) is 11.8 Å². The van der Waals surface area contributed by atoms with E-state index >= 15 is 0 Å². The molecule has 0 aromatic heterocycles. The fraction of sp³-hybridized carbons (Fsp3) is 0.200. The van der Waals surface area contributed by atoms with Crippen molar-refractivity contribution in [2.75, 3.05) is 13.7 Å². The van der Waals surface area contributed by atoms with E-state index in [4.69, 9.17) is 4.74 Å². The summed E-state index contributed by atoms with van der Waals surface area (Å²) in [6.45, 7) is 0.812. The molecule has 1 atom stereocenters. The molecule has 0 radical (unpaired) electrons. The Hall–Kier alpha value is -3.60. The number of fused-ring (bicyclic) bond motifs is 1. The minimum absolute atomic E-state index is 0.139. The zero-order valence-electron chi connectivity index (χ0n) is 16.9. The van der Waals surface area contributed by atoms with Crippen LogP contribution >= 0.6 is 0 Å². The molecule has 0 unspecified atom stereocenters. The topological polar surface area (TPSA) is 58.6 Å². The van der Waals surface area contributed by atoms with Crippen LogP contribution in [0.2, 0.25) is 0 Å². The Bertz CT molecular complexity index is 1050. The van der Waals surface area contributed by atoms with E-state index in [0.717, 1.165) is 23.1 Å². The first-order valence-electron chi connectivity index (χ1n) is 10.0. The maximum absolute atomic E-state index is 13.2. The summed E-state index contributed by atoms with van der Waals surface area (Å²) in [5, 5.41) is 3.01. The number of carbonyl (C=O) groups is 2. The molecule has 0 saturated carbocycles. The number of benzene rings is 3. The van der Waals surface area contributed by atoms with Crippen molar-refractivity contribution >= 4 is 11.8 Å². The monoisotopic (exact) mass is 400 g/mol. The number of carbonyl (C=O) groups excluding carboxylic acids is 2. The molecule has 3 aromatic carbocycles. The molecule has 5 nitrogen and oxygen atoms in total. The van der Waals surface area contributed by atoms with Crippen molar-refractivity contribution in [2.45, 2.75) is 19.0 Å². The average Bonchev–Trinajstić information content (AvgIpc) is 3.06. The van der Waals surface area contributed by atoms with Gasteiger partial charge in [-0.15, -0.1) is 0 Å². The molecule has 4 rings (SSSR count). The van der Waals surface area contributed by atoms with Gasteiger partial charge >= 0.3 is 0 Å². The van der Waals surface area contributed by atoms with Gasteiger partial charge in [0, 0.05) is 17.7 Å². The van der Waals surface area contributed by atoms with Crippen molar-refractivity contribution in [1.29, 1.82) is 0 Å². The SMILES string of the molecule is COc1ccccc1CN1C(=O)c2ccccc2[C@H]1C(=O)NCCc1ccccc1. The normalized spacial score (nSPS) is 15.0. The standard InChI is InChI=1S/C25H24N2O3/c1-30-22-14-8-5-11-19(22)17-27-23(20-12-6-7-13-21(20)25(27)29)24(28)26-16-15-18-9-3-2-4-10-18/h2-14,23H,15-17H2,1H3,(H,26,28)/t23-/m0/s1. The van der Waals surface area contributed by atoms with Crippen molar-refractivity contribution in [3.8, 4) is 5.75 Å². The lowest BCUT2D eigenvalue weighted by atomic mass is 10.0. The van der Waals surface area contributed by atoms with E-state index in [-0.39, 0.29) is 11.8 Å². The number of rotatable bonds is 7. The highest BCUT2D eigenvalue weighted by Crippen LogP contribution is 2.36. The second kappa shape index (κ2) is 8.82. The second-order valence-electron chi connectivity index (χ2n) is 7.26. The Balaban J connectivity index is 1.55. The lowest BCUT2D eigenvalue weighted by molar-refractivity contribution is -0.125. The Morgan fingerprint density at radius 1 is 0.967 bits per heavy atom. The number of methoxy groups -OCH3 is 1. The van der Waals surface area contributed by atoms with Crippen LogP contribution in [0.25, 0.3) is 0 Å². The summed E-state index contributed by atoms with van der Waals surface area (Å²) in [6, 6.07) is 24.2. The molecule has 0 saturated heterocycles. The average molecular weight is 400 g/mol. The zero-order chi connectivity index (χ0) is 20.9. The largest absolute Gasteiger partial charge is 0.496 e. The van der Waals surface area contributed by atoms with Crippen LogP contribution in [0.1, 0.15) is 33.1 Å². The summed E-state index contributed by atoms with van der Waals surface area (Å²) in [7, 11) is 1.60. The van der Waals surface area contributed by atoms with Gasteiger partial charge in [-0.25, -0.2) is 0 Å². The summed E-state index contributed by atoms with van der Waals surface area (Å²) in [5.74, 6) is 0.392. The van der Waals surface area contributed by atoms with Gasteiger partial charge in [-0.3, -0.25) is 9.59 Å². The third kappa shape index (κ3) is 3.92. The lowest BCUT2D eigenvalue weighted by Gasteiger charge is -2.25. The number of ether oxygens (including phenoxy) is 1. The molecular formula is C25H24N2O3. The third-order valence-corrected chi connectivity index (χ3v) is 5.40.